The van der Waals surface area contributed by atoms with Crippen molar-refractivity contribution in [3.8, 4) is 5.75 Å². The molecule has 0 saturated carbocycles. The second-order valence-corrected chi connectivity index (χ2v) is 6.55. The zero-order chi connectivity index (χ0) is 18.7. The van der Waals surface area contributed by atoms with Crippen LogP contribution in [0.25, 0.3) is 11.0 Å². The van der Waals surface area contributed by atoms with Crippen molar-refractivity contribution in [2.75, 3.05) is 19.6 Å². The number of rotatable bonds is 6. The van der Waals surface area contributed by atoms with Crippen molar-refractivity contribution in [2.45, 2.75) is 32.8 Å². The van der Waals surface area contributed by atoms with Gasteiger partial charge in [-0.3, -0.25) is 9.59 Å². The largest absolute Gasteiger partial charge is 0.491 e. The first-order valence-corrected chi connectivity index (χ1v) is 8.74. The lowest BCUT2D eigenvalue weighted by Gasteiger charge is -2.15. The second-order valence-electron chi connectivity index (χ2n) is 6.55. The molecule has 1 fully saturated rings. The fraction of sp³-hybridized carbons (Fsp3) is 0.421. The van der Waals surface area contributed by atoms with Gasteiger partial charge in [0.05, 0.1) is 6.10 Å². The minimum absolute atomic E-state index is 0.00621. The van der Waals surface area contributed by atoms with E-state index in [1.54, 1.807) is 23.1 Å². The SMILES string of the molecule is CC(C)Oc1ccc2cc(C(=O)NCCN3CCCC3=O)c(=O)oc2c1. The van der Waals surface area contributed by atoms with Gasteiger partial charge in [-0.15, -0.1) is 0 Å². The summed E-state index contributed by atoms with van der Waals surface area (Å²) < 4.78 is 10.8. The van der Waals surface area contributed by atoms with Crippen LogP contribution in [0.4, 0.5) is 0 Å². The number of ether oxygens (including phenoxy) is 1. The summed E-state index contributed by atoms with van der Waals surface area (Å²) in [6.45, 7) is 5.27. The van der Waals surface area contributed by atoms with Gasteiger partial charge in [0.25, 0.3) is 5.91 Å². The van der Waals surface area contributed by atoms with Crippen LogP contribution in [0.3, 0.4) is 0 Å². The molecule has 1 aromatic carbocycles. The molecule has 1 aliphatic heterocycles. The smallest absolute Gasteiger partial charge is 0.349 e. The molecule has 1 saturated heterocycles. The number of carbonyl (C=O) groups excluding carboxylic acids is 2. The molecule has 2 amide bonds. The number of benzene rings is 1. The lowest BCUT2D eigenvalue weighted by atomic mass is 10.1. The van der Waals surface area contributed by atoms with Gasteiger partial charge < -0.3 is 19.4 Å². The predicted molar refractivity (Wildman–Crippen MR) is 96.4 cm³/mol. The molecule has 26 heavy (non-hydrogen) atoms. The third-order valence-electron chi connectivity index (χ3n) is 4.16. The van der Waals surface area contributed by atoms with Crippen molar-refractivity contribution in [1.82, 2.24) is 10.2 Å². The van der Waals surface area contributed by atoms with Crippen molar-refractivity contribution < 1.29 is 18.7 Å². The highest BCUT2D eigenvalue weighted by Gasteiger charge is 2.20. The molecule has 3 rings (SSSR count). The molecule has 2 heterocycles. The first-order chi connectivity index (χ1) is 12.4. The number of hydrogen-bond acceptors (Lipinski definition) is 5. The van der Waals surface area contributed by atoms with Gasteiger partial charge in [0.2, 0.25) is 5.91 Å². The molecule has 0 atom stereocenters. The number of fused-ring (bicyclic) bond motifs is 1. The Morgan fingerprint density at radius 1 is 1.31 bits per heavy atom. The highest BCUT2D eigenvalue weighted by Crippen LogP contribution is 2.21. The summed E-state index contributed by atoms with van der Waals surface area (Å²) in [7, 11) is 0. The van der Waals surface area contributed by atoms with Gasteiger partial charge in [-0.25, -0.2) is 4.79 Å². The fourth-order valence-electron chi connectivity index (χ4n) is 2.94. The maximum absolute atomic E-state index is 12.3. The van der Waals surface area contributed by atoms with Crippen LogP contribution in [0.1, 0.15) is 37.0 Å². The van der Waals surface area contributed by atoms with Crippen LogP contribution in [0, 0.1) is 0 Å². The Bertz CT molecular complexity index is 887. The fourth-order valence-corrected chi connectivity index (χ4v) is 2.94. The summed E-state index contributed by atoms with van der Waals surface area (Å²) in [5.41, 5.74) is -0.385. The van der Waals surface area contributed by atoms with E-state index in [0.29, 0.717) is 42.8 Å². The Morgan fingerprint density at radius 2 is 2.12 bits per heavy atom. The maximum Gasteiger partial charge on any atom is 0.349 e. The first kappa shape index (κ1) is 18.0. The highest BCUT2D eigenvalue weighted by atomic mass is 16.5. The summed E-state index contributed by atoms with van der Waals surface area (Å²) >= 11 is 0. The summed E-state index contributed by atoms with van der Waals surface area (Å²) in [6, 6.07) is 6.66. The lowest BCUT2D eigenvalue weighted by Crippen LogP contribution is -2.36. The normalized spacial score (nSPS) is 14.3. The van der Waals surface area contributed by atoms with Gasteiger partial charge >= 0.3 is 5.63 Å². The van der Waals surface area contributed by atoms with E-state index in [0.717, 1.165) is 6.42 Å². The molecule has 0 bridgehead atoms. The minimum Gasteiger partial charge on any atom is -0.491 e. The molecule has 0 aliphatic carbocycles. The van der Waals surface area contributed by atoms with Crippen molar-refractivity contribution >= 4 is 22.8 Å². The zero-order valence-corrected chi connectivity index (χ0v) is 14.9. The number of amides is 2. The maximum atomic E-state index is 12.3. The molecule has 0 radical (unpaired) electrons. The van der Waals surface area contributed by atoms with Crippen LogP contribution < -0.4 is 15.7 Å². The van der Waals surface area contributed by atoms with Crippen molar-refractivity contribution in [3.05, 3.63) is 40.2 Å². The van der Waals surface area contributed by atoms with Gasteiger partial charge in [-0.2, -0.15) is 0 Å². The molecular formula is C19H22N2O5. The summed E-state index contributed by atoms with van der Waals surface area (Å²) in [5, 5.41) is 3.31. The average molecular weight is 358 g/mol. The minimum atomic E-state index is -0.700. The van der Waals surface area contributed by atoms with Crippen LogP contribution >= 0.6 is 0 Å². The van der Waals surface area contributed by atoms with Crippen LogP contribution in [0.2, 0.25) is 0 Å². The summed E-state index contributed by atoms with van der Waals surface area (Å²) in [5.74, 6) is 0.196. The molecule has 0 spiro atoms. The van der Waals surface area contributed by atoms with Gasteiger partial charge in [-0.05, 0) is 38.5 Å². The third-order valence-corrected chi connectivity index (χ3v) is 4.16. The Kier molecular flexibility index (Phi) is 5.25. The van der Waals surface area contributed by atoms with Gasteiger partial charge in [0.1, 0.15) is 16.9 Å². The lowest BCUT2D eigenvalue weighted by molar-refractivity contribution is -0.127. The second kappa shape index (κ2) is 7.59. The van der Waals surface area contributed by atoms with E-state index in [1.165, 1.54) is 6.07 Å². The van der Waals surface area contributed by atoms with E-state index in [2.05, 4.69) is 5.32 Å². The Morgan fingerprint density at radius 3 is 2.81 bits per heavy atom. The molecule has 2 aromatic rings. The van der Waals surface area contributed by atoms with Gasteiger partial charge in [-0.1, -0.05) is 0 Å². The molecule has 1 aromatic heterocycles. The van der Waals surface area contributed by atoms with Gasteiger partial charge in [0, 0.05) is 37.5 Å². The monoisotopic (exact) mass is 358 g/mol. The van der Waals surface area contributed by atoms with E-state index in [-0.39, 0.29) is 17.6 Å². The van der Waals surface area contributed by atoms with Gasteiger partial charge in [0.15, 0.2) is 0 Å². The zero-order valence-electron chi connectivity index (χ0n) is 14.9. The van der Waals surface area contributed by atoms with Crippen molar-refractivity contribution in [1.29, 1.82) is 0 Å². The Hall–Kier alpha value is -2.83. The standard InChI is InChI=1S/C19H22N2O5/c1-12(2)25-14-6-5-13-10-15(19(24)26-16(13)11-14)18(23)20-7-9-21-8-3-4-17(21)22/h5-6,10-12H,3-4,7-9H2,1-2H3,(H,20,23). The van der Waals surface area contributed by atoms with E-state index < -0.39 is 11.5 Å². The molecule has 0 unspecified atom stereocenters. The van der Waals surface area contributed by atoms with Crippen LogP contribution in [-0.2, 0) is 4.79 Å². The molecule has 1 aliphatic rings. The molecule has 1 N–H and O–H groups in total. The quantitative estimate of drug-likeness (QED) is 0.797. The first-order valence-electron chi connectivity index (χ1n) is 8.74. The Balaban J connectivity index is 1.70. The van der Waals surface area contributed by atoms with Crippen molar-refractivity contribution in [3.63, 3.8) is 0 Å². The average Bonchev–Trinajstić information content (AvgIpc) is 2.98. The van der Waals surface area contributed by atoms with Crippen molar-refractivity contribution in [2.24, 2.45) is 0 Å². The van der Waals surface area contributed by atoms with E-state index >= 15 is 0 Å². The number of hydrogen-bond donors (Lipinski definition) is 1. The summed E-state index contributed by atoms with van der Waals surface area (Å²) in [6.07, 6.45) is 1.42. The van der Waals surface area contributed by atoms with Crippen LogP contribution in [0.5, 0.6) is 5.75 Å². The predicted octanol–water partition coefficient (Wildman–Crippen LogP) is 1.93. The number of likely N-dealkylation sites (tertiary alicyclic amines) is 1. The van der Waals surface area contributed by atoms with E-state index in [1.807, 2.05) is 13.8 Å². The number of nitrogens with zero attached hydrogens (tertiary/aromatic N) is 1. The highest BCUT2D eigenvalue weighted by molar-refractivity contribution is 5.96. The van der Waals surface area contributed by atoms with Crippen LogP contribution in [0.15, 0.2) is 33.5 Å². The molecule has 7 heteroatoms. The van der Waals surface area contributed by atoms with E-state index in [4.69, 9.17) is 9.15 Å². The molecule has 138 valence electrons. The topological polar surface area (TPSA) is 88.9 Å². The third kappa shape index (κ3) is 4.04. The van der Waals surface area contributed by atoms with E-state index in [9.17, 15) is 14.4 Å². The summed E-state index contributed by atoms with van der Waals surface area (Å²) in [4.78, 5) is 37.7. The number of carbonyl (C=O) groups is 2. The molecular weight excluding hydrogens is 336 g/mol. The number of nitrogens with one attached hydrogen (secondary N) is 1. The Labute approximate surface area is 150 Å². The molecule has 7 nitrogen and oxygen atoms in total. The van der Waals surface area contributed by atoms with Crippen LogP contribution in [-0.4, -0.2) is 42.5 Å².